The fourth-order valence-corrected chi connectivity index (χ4v) is 1.20. The van der Waals surface area contributed by atoms with Crippen molar-refractivity contribution in [1.82, 2.24) is 10.6 Å². The first kappa shape index (κ1) is 9.10. The maximum atomic E-state index is 12.2. The fourth-order valence-electron chi connectivity index (χ4n) is 1.20. The lowest BCUT2D eigenvalue weighted by Gasteiger charge is -2.16. The molecule has 0 aliphatic carbocycles. The zero-order valence-electron chi connectivity index (χ0n) is 14.2. The molecule has 5 heteroatoms. The lowest BCUT2D eigenvalue weighted by molar-refractivity contribution is -0.129. The molecule has 0 aliphatic rings. The van der Waals surface area contributed by atoms with E-state index in [1.165, 1.54) is 12.1 Å². The summed E-state index contributed by atoms with van der Waals surface area (Å²) in [7, 11) is 1.05. The molecule has 0 saturated carbocycles. The van der Waals surface area contributed by atoms with Crippen molar-refractivity contribution in [3.63, 3.8) is 0 Å². The third-order valence-corrected chi connectivity index (χ3v) is 1.95. The average molecular weight is 254 g/mol. The molecule has 0 heterocycles. The van der Waals surface area contributed by atoms with Gasteiger partial charge in [-0.3, -0.25) is 9.59 Å². The molecule has 1 rings (SSSR count). The fraction of sp³-hybridized carbons (Fsp3) is 0.385. The number of hydrogen-bond acceptors (Lipinski definition) is 3. The van der Waals surface area contributed by atoms with Crippen LogP contribution < -0.4 is 10.6 Å². The monoisotopic (exact) mass is 254 g/mol. The number of ether oxygens (including phenoxy) is 1. The summed E-state index contributed by atoms with van der Waals surface area (Å²) in [5.41, 5.74) is 0.197. The molecule has 0 spiro atoms. The number of rotatable bonds is 6. The van der Waals surface area contributed by atoms with E-state index >= 15 is 0 Å². The molecule has 1 aromatic carbocycles. The highest BCUT2D eigenvalue weighted by Crippen LogP contribution is 1.97. The highest BCUT2D eigenvalue weighted by Gasteiger charge is 2.18. The van der Waals surface area contributed by atoms with Crippen molar-refractivity contribution in [1.29, 1.82) is 0 Å². The van der Waals surface area contributed by atoms with Crippen LogP contribution in [0.1, 0.15) is 18.0 Å². The molecule has 98 valence electrons. The van der Waals surface area contributed by atoms with Crippen molar-refractivity contribution in [3.8, 4) is 0 Å². The van der Waals surface area contributed by atoms with E-state index in [1.54, 1.807) is 18.2 Å². The maximum absolute atomic E-state index is 12.2. The van der Waals surface area contributed by atoms with Gasteiger partial charge in [0.1, 0.15) is 6.04 Å². The third kappa shape index (κ3) is 4.97. The molecule has 18 heavy (non-hydrogen) atoms. The van der Waals surface area contributed by atoms with Crippen molar-refractivity contribution in [3.05, 3.63) is 35.9 Å². The molecule has 2 amide bonds. The summed E-state index contributed by atoms with van der Waals surface area (Å²) in [5, 5.41) is 4.21. The van der Waals surface area contributed by atoms with Crippen LogP contribution in [0, 0.1) is 0 Å². The zero-order chi connectivity index (χ0) is 17.0. The van der Waals surface area contributed by atoms with E-state index in [9.17, 15) is 9.59 Å². The minimum absolute atomic E-state index is 0.197. The van der Waals surface area contributed by atoms with E-state index in [2.05, 4.69) is 15.4 Å². The Morgan fingerprint density at radius 1 is 1.39 bits per heavy atom. The van der Waals surface area contributed by atoms with E-state index in [0.717, 1.165) is 14.0 Å². The van der Waals surface area contributed by atoms with Crippen molar-refractivity contribution in [2.24, 2.45) is 0 Å². The number of methoxy groups -OCH3 is 1. The highest BCUT2D eigenvalue weighted by molar-refractivity contribution is 5.86. The van der Waals surface area contributed by atoms with Gasteiger partial charge in [0.15, 0.2) is 0 Å². The van der Waals surface area contributed by atoms with E-state index in [4.69, 9.17) is 5.48 Å². The van der Waals surface area contributed by atoms with E-state index < -0.39 is 30.9 Å². The molecule has 1 unspecified atom stereocenters. The van der Waals surface area contributed by atoms with Crippen LogP contribution in [0.5, 0.6) is 0 Å². The van der Waals surface area contributed by atoms with E-state index in [-0.39, 0.29) is 5.56 Å². The van der Waals surface area contributed by atoms with Gasteiger partial charge < -0.3 is 15.4 Å². The van der Waals surface area contributed by atoms with Gasteiger partial charge in [-0.2, -0.15) is 0 Å². The summed E-state index contributed by atoms with van der Waals surface area (Å²) in [6.45, 7) is -3.58. The van der Waals surface area contributed by atoms with Crippen molar-refractivity contribution >= 4 is 11.8 Å². The van der Waals surface area contributed by atoms with Crippen molar-refractivity contribution in [2.75, 3.05) is 13.7 Å². The van der Waals surface area contributed by atoms with Crippen molar-refractivity contribution < 1.29 is 19.8 Å². The summed E-state index contributed by atoms with van der Waals surface area (Å²) in [6, 6.07) is 6.20. The van der Waals surface area contributed by atoms with Gasteiger partial charge in [-0.05, 0) is 5.56 Å². The number of nitrogens with one attached hydrogen (secondary N) is 2. The molecule has 0 radical (unpaired) electrons. The number of carbonyl (C=O) groups is 2. The molecule has 0 saturated heterocycles. The first-order chi connectivity index (χ1) is 10.1. The molecule has 0 aromatic heterocycles. The Bertz CT molecular complexity index is 537. The van der Waals surface area contributed by atoms with E-state index in [0.29, 0.717) is 0 Å². The Balaban J connectivity index is 2.98. The first-order valence-corrected chi connectivity index (χ1v) is 5.30. The second-order valence-corrected chi connectivity index (χ2v) is 3.44. The van der Waals surface area contributed by atoms with Gasteiger partial charge in [-0.25, -0.2) is 0 Å². The first-order valence-electron chi connectivity index (χ1n) is 7.30. The van der Waals surface area contributed by atoms with Gasteiger partial charge in [-0.15, -0.1) is 0 Å². The predicted molar refractivity (Wildman–Crippen MR) is 67.8 cm³/mol. The molecule has 0 bridgehead atoms. The molecule has 2 N–H and O–H groups in total. The molecule has 1 aromatic rings. The average Bonchev–Trinajstić information content (AvgIpc) is 2.44. The number of carbonyl (C=O) groups excluding carboxylic acids is 2. The van der Waals surface area contributed by atoms with Gasteiger partial charge >= 0.3 is 0 Å². The van der Waals surface area contributed by atoms with Crippen LogP contribution in [0.15, 0.2) is 30.3 Å². The molecule has 0 fully saturated rings. The third-order valence-electron chi connectivity index (χ3n) is 1.95. The number of hydrogen-bond donors (Lipinski definition) is 2. The zero-order valence-corrected chi connectivity index (χ0v) is 10.2. The summed E-state index contributed by atoms with van der Waals surface area (Å²) in [4.78, 5) is 23.3. The Hall–Kier alpha value is -1.88. The van der Waals surface area contributed by atoms with Crippen LogP contribution in [0.25, 0.3) is 0 Å². The van der Waals surface area contributed by atoms with Gasteiger partial charge in [0.25, 0.3) is 0 Å². The van der Waals surface area contributed by atoms with Crippen LogP contribution in [-0.4, -0.2) is 31.5 Å². The molecular weight excluding hydrogens is 232 g/mol. The van der Waals surface area contributed by atoms with Gasteiger partial charge in [0.05, 0.1) is 12.0 Å². The Morgan fingerprint density at radius 2 is 2.06 bits per heavy atom. The van der Waals surface area contributed by atoms with Gasteiger partial charge in [0.2, 0.25) is 11.8 Å². The number of benzene rings is 1. The van der Waals surface area contributed by atoms with Crippen LogP contribution >= 0.6 is 0 Å². The van der Waals surface area contributed by atoms with Gasteiger partial charge in [0, 0.05) is 20.5 Å². The van der Waals surface area contributed by atoms with Crippen LogP contribution in [0.3, 0.4) is 0 Å². The topological polar surface area (TPSA) is 67.4 Å². The van der Waals surface area contributed by atoms with Crippen LogP contribution in [0.2, 0.25) is 0 Å². The van der Waals surface area contributed by atoms with Crippen LogP contribution in [0.4, 0.5) is 0 Å². The minimum Gasteiger partial charge on any atom is -0.382 e. The summed E-state index contributed by atoms with van der Waals surface area (Å²) in [6.07, 6.45) is 0. The Labute approximate surface area is 112 Å². The second kappa shape index (κ2) is 7.45. The smallest absolute Gasteiger partial charge is 0.245 e. The Kier molecular flexibility index (Phi) is 3.77. The van der Waals surface area contributed by atoms with Crippen molar-refractivity contribution in [2.45, 2.75) is 19.5 Å². The lowest BCUT2D eigenvalue weighted by atomic mass is 10.2. The minimum atomic E-state index is -2.48. The second-order valence-electron chi connectivity index (χ2n) is 3.44. The largest absolute Gasteiger partial charge is 0.382 e. The van der Waals surface area contributed by atoms with Gasteiger partial charge in [-0.1, -0.05) is 30.3 Å². The number of amides is 2. The Morgan fingerprint density at radius 3 is 2.61 bits per heavy atom. The molecule has 1 atom stereocenters. The summed E-state index contributed by atoms with van der Waals surface area (Å²) >= 11 is 0. The summed E-state index contributed by atoms with van der Waals surface area (Å²) < 4.78 is 35.6. The SMILES string of the molecule is [2H]C([2H])(NC(=O)C(NC(C)=O)C([2H])([2H])OC)c1ccccc1. The standard InChI is InChI=1S/C13H18N2O3/c1-10(16)15-12(9-18-2)13(17)14-8-11-6-4-3-5-7-11/h3-7,12H,8-9H2,1-2H3,(H,14,17)(H,15,16)/i8D2,9D2. The highest BCUT2D eigenvalue weighted by atomic mass is 16.5. The molecular formula is C13H18N2O3. The predicted octanol–water partition coefficient (Wildman–Crippen LogP) is 0.454. The molecule has 0 aliphatic heterocycles. The van der Waals surface area contributed by atoms with Crippen LogP contribution in [-0.2, 0) is 20.8 Å². The quantitative estimate of drug-likeness (QED) is 0.774. The maximum Gasteiger partial charge on any atom is 0.245 e. The lowest BCUT2D eigenvalue weighted by Crippen LogP contribution is -2.48. The summed E-state index contributed by atoms with van der Waals surface area (Å²) in [5.74, 6) is -1.67. The molecule has 5 nitrogen and oxygen atoms in total. The normalized spacial score (nSPS) is 16.6. The van der Waals surface area contributed by atoms with E-state index in [1.807, 2.05) is 0 Å².